The van der Waals surface area contributed by atoms with Crippen LogP contribution in [0.1, 0.15) is 6.42 Å². The van der Waals surface area contributed by atoms with Crippen LogP contribution >= 0.6 is 23.2 Å². The number of aromatic nitrogens is 2. The zero-order chi connectivity index (χ0) is 25.1. The van der Waals surface area contributed by atoms with Crippen molar-refractivity contribution in [2.45, 2.75) is 6.42 Å². The highest BCUT2D eigenvalue weighted by Gasteiger charge is 2.22. The van der Waals surface area contributed by atoms with E-state index < -0.39 is 0 Å². The molecule has 1 aliphatic rings. The molecular formula is C25H31Cl2N5O3. The van der Waals surface area contributed by atoms with Crippen molar-refractivity contribution in [2.75, 3.05) is 65.9 Å². The second-order valence-electron chi connectivity index (χ2n) is 8.76. The molecule has 0 saturated carbocycles. The minimum absolute atomic E-state index is 0.233. The zero-order valence-corrected chi connectivity index (χ0v) is 22.0. The number of benzene rings is 1. The Bertz CT molecular complexity index is 1240. The topological polar surface area (TPSA) is 71.9 Å². The van der Waals surface area contributed by atoms with Crippen molar-refractivity contribution in [3.05, 3.63) is 44.8 Å². The van der Waals surface area contributed by atoms with Crippen LogP contribution in [0.5, 0.6) is 11.5 Å². The number of ether oxygens (including phenoxy) is 2. The lowest BCUT2D eigenvalue weighted by Gasteiger charge is -2.32. The first-order valence-corrected chi connectivity index (χ1v) is 12.3. The highest BCUT2D eigenvalue weighted by Crippen LogP contribution is 2.45. The van der Waals surface area contributed by atoms with Crippen molar-refractivity contribution in [1.29, 1.82) is 0 Å². The molecule has 4 rings (SSSR count). The summed E-state index contributed by atoms with van der Waals surface area (Å²) in [6.45, 7) is 6.33. The molecule has 1 N–H and O–H groups in total. The van der Waals surface area contributed by atoms with E-state index in [9.17, 15) is 4.79 Å². The van der Waals surface area contributed by atoms with Crippen LogP contribution in [-0.2, 0) is 7.05 Å². The molecule has 0 spiro atoms. The van der Waals surface area contributed by atoms with Gasteiger partial charge in [0.1, 0.15) is 17.3 Å². The SMILES string of the molecule is COc1cc(OC)c(Cl)c(-c2cc3cnc(NCCCN4CCN(C)CC4)cc3n(C)c2=O)c1Cl. The Kier molecular flexibility index (Phi) is 8.06. The van der Waals surface area contributed by atoms with Crippen LogP contribution in [0.15, 0.2) is 29.2 Å². The summed E-state index contributed by atoms with van der Waals surface area (Å²) >= 11 is 13.1. The number of rotatable bonds is 8. The number of halogens is 2. The Balaban J connectivity index is 1.57. The molecule has 1 fully saturated rings. The van der Waals surface area contributed by atoms with E-state index in [0.29, 0.717) is 22.6 Å². The molecular weight excluding hydrogens is 489 g/mol. The molecule has 1 aromatic carbocycles. The van der Waals surface area contributed by atoms with Crippen molar-refractivity contribution in [3.8, 4) is 22.6 Å². The normalized spacial score (nSPS) is 14.9. The number of nitrogens with zero attached hydrogens (tertiary/aromatic N) is 4. The van der Waals surface area contributed by atoms with Crippen molar-refractivity contribution in [3.63, 3.8) is 0 Å². The molecule has 1 saturated heterocycles. The molecule has 0 atom stereocenters. The third-order valence-electron chi connectivity index (χ3n) is 6.50. The van der Waals surface area contributed by atoms with Gasteiger partial charge < -0.3 is 29.2 Å². The lowest BCUT2D eigenvalue weighted by Crippen LogP contribution is -2.44. The Morgan fingerprint density at radius 1 is 1.00 bits per heavy atom. The predicted octanol–water partition coefficient (Wildman–Crippen LogP) is 3.97. The summed E-state index contributed by atoms with van der Waals surface area (Å²) in [6.07, 6.45) is 2.77. The smallest absolute Gasteiger partial charge is 0.258 e. The molecule has 10 heteroatoms. The van der Waals surface area contributed by atoms with Gasteiger partial charge >= 0.3 is 0 Å². The number of nitrogens with one attached hydrogen (secondary N) is 1. The van der Waals surface area contributed by atoms with Crippen LogP contribution < -0.4 is 20.3 Å². The van der Waals surface area contributed by atoms with Gasteiger partial charge in [-0.15, -0.1) is 0 Å². The summed E-state index contributed by atoms with van der Waals surface area (Å²) in [4.78, 5) is 22.8. The summed E-state index contributed by atoms with van der Waals surface area (Å²) in [5, 5.41) is 4.68. The van der Waals surface area contributed by atoms with E-state index in [1.165, 1.54) is 14.2 Å². The summed E-state index contributed by atoms with van der Waals surface area (Å²) < 4.78 is 12.3. The van der Waals surface area contributed by atoms with Gasteiger partial charge in [-0.25, -0.2) is 4.98 Å². The maximum absolute atomic E-state index is 13.4. The summed E-state index contributed by atoms with van der Waals surface area (Å²) in [5.74, 6) is 1.48. The molecule has 35 heavy (non-hydrogen) atoms. The van der Waals surface area contributed by atoms with Crippen LogP contribution in [-0.4, -0.2) is 79.9 Å². The van der Waals surface area contributed by atoms with Crippen molar-refractivity contribution in [2.24, 2.45) is 7.05 Å². The fraction of sp³-hybridized carbons (Fsp3) is 0.440. The van der Waals surface area contributed by atoms with E-state index in [4.69, 9.17) is 32.7 Å². The number of likely N-dealkylation sites (N-methyl/N-ethyl adjacent to an activating group) is 1. The number of methoxy groups -OCH3 is 2. The number of hydrogen-bond acceptors (Lipinski definition) is 7. The third kappa shape index (κ3) is 5.35. The van der Waals surface area contributed by atoms with E-state index in [-0.39, 0.29) is 15.6 Å². The molecule has 2 aromatic heterocycles. The first-order valence-electron chi connectivity index (χ1n) is 11.6. The largest absolute Gasteiger partial charge is 0.495 e. The number of anilines is 1. The highest BCUT2D eigenvalue weighted by molar-refractivity contribution is 6.41. The summed E-state index contributed by atoms with van der Waals surface area (Å²) in [6, 6.07) is 5.25. The van der Waals surface area contributed by atoms with Crippen LogP contribution in [0.3, 0.4) is 0 Å². The predicted molar refractivity (Wildman–Crippen MR) is 143 cm³/mol. The Labute approximate surface area is 215 Å². The molecule has 1 aliphatic heterocycles. The number of pyridine rings is 2. The minimum atomic E-state index is -0.233. The molecule has 3 heterocycles. The molecule has 8 nitrogen and oxygen atoms in total. The molecule has 0 radical (unpaired) electrons. The van der Waals surface area contributed by atoms with E-state index in [1.54, 1.807) is 29.9 Å². The molecule has 0 amide bonds. The first kappa shape index (κ1) is 25.6. The van der Waals surface area contributed by atoms with E-state index in [0.717, 1.165) is 62.4 Å². The van der Waals surface area contributed by atoms with Gasteiger partial charge in [-0.3, -0.25) is 4.79 Å². The zero-order valence-electron chi connectivity index (χ0n) is 20.5. The maximum atomic E-state index is 13.4. The quantitative estimate of drug-likeness (QED) is 0.451. The second-order valence-corrected chi connectivity index (χ2v) is 9.52. The lowest BCUT2D eigenvalue weighted by molar-refractivity contribution is 0.154. The van der Waals surface area contributed by atoms with Gasteiger partial charge in [-0.2, -0.15) is 0 Å². The highest BCUT2D eigenvalue weighted by atomic mass is 35.5. The van der Waals surface area contributed by atoms with Gasteiger partial charge in [0, 0.05) is 69.1 Å². The fourth-order valence-electron chi connectivity index (χ4n) is 4.35. The second kappa shape index (κ2) is 11.0. The molecule has 0 unspecified atom stereocenters. The third-order valence-corrected chi connectivity index (χ3v) is 7.25. The number of piperazine rings is 1. The van der Waals surface area contributed by atoms with Crippen molar-refractivity contribution >= 4 is 39.9 Å². The van der Waals surface area contributed by atoms with Crippen LogP contribution in [0, 0.1) is 0 Å². The molecule has 0 bridgehead atoms. The van der Waals surface area contributed by atoms with Gasteiger partial charge in [-0.05, 0) is 26.1 Å². The van der Waals surface area contributed by atoms with E-state index in [1.807, 2.05) is 6.07 Å². The number of aryl methyl sites for hydroxylation is 1. The number of fused-ring (bicyclic) bond motifs is 1. The van der Waals surface area contributed by atoms with Crippen LogP contribution in [0.2, 0.25) is 10.0 Å². The maximum Gasteiger partial charge on any atom is 0.258 e. The Hall–Kier alpha value is -2.52. The molecule has 3 aromatic rings. The molecule has 188 valence electrons. The van der Waals surface area contributed by atoms with E-state index >= 15 is 0 Å². The van der Waals surface area contributed by atoms with Gasteiger partial charge in [0.25, 0.3) is 5.56 Å². The Morgan fingerprint density at radius 3 is 2.29 bits per heavy atom. The van der Waals surface area contributed by atoms with Gasteiger partial charge in [0.2, 0.25) is 0 Å². The van der Waals surface area contributed by atoms with E-state index in [2.05, 4.69) is 27.1 Å². The standard InChI is InChI=1S/C25H31Cl2N5O3/c1-30-8-10-32(11-9-30)7-5-6-28-21-13-18-16(15-29-21)12-17(25(33)31(18)2)22-23(26)19(34-3)14-20(35-4)24(22)27/h12-15H,5-11H2,1-4H3,(H,28,29). The Morgan fingerprint density at radius 2 is 1.66 bits per heavy atom. The number of hydrogen-bond donors (Lipinski definition) is 1. The van der Waals surface area contributed by atoms with Gasteiger partial charge in [-0.1, -0.05) is 23.2 Å². The van der Waals surface area contributed by atoms with Crippen molar-refractivity contribution in [1.82, 2.24) is 19.4 Å². The first-order chi connectivity index (χ1) is 16.8. The minimum Gasteiger partial charge on any atom is -0.495 e. The van der Waals surface area contributed by atoms with Crippen molar-refractivity contribution < 1.29 is 9.47 Å². The van der Waals surface area contributed by atoms with Crippen LogP contribution in [0.4, 0.5) is 5.82 Å². The van der Waals surface area contributed by atoms with Gasteiger partial charge in [0.05, 0.1) is 35.3 Å². The monoisotopic (exact) mass is 519 g/mol. The van der Waals surface area contributed by atoms with Crippen LogP contribution in [0.25, 0.3) is 22.0 Å². The summed E-state index contributed by atoms with van der Waals surface area (Å²) in [5.41, 5.74) is 1.25. The lowest BCUT2D eigenvalue weighted by atomic mass is 10.0. The average Bonchev–Trinajstić information content (AvgIpc) is 2.86. The average molecular weight is 520 g/mol. The molecule has 0 aliphatic carbocycles. The van der Waals surface area contributed by atoms with Gasteiger partial charge in [0.15, 0.2) is 0 Å². The fourth-order valence-corrected chi connectivity index (χ4v) is 5.06. The summed E-state index contributed by atoms with van der Waals surface area (Å²) in [7, 11) is 6.89.